The van der Waals surface area contributed by atoms with Gasteiger partial charge in [-0.3, -0.25) is 4.98 Å². The van der Waals surface area contributed by atoms with Crippen molar-refractivity contribution < 1.29 is 0 Å². The Morgan fingerprint density at radius 2 is 2.19 bits per heavy atom. The lowest BCUT2D eigenvalue weighted by Crippen LogP contribution is -2.26. The van der Waals surface area contributed by atoms with Gasteiger partial charge < -0.3 is 10.2 Å². The number of anilines is 1. The minimum Gasteiger partial charge on any atom is -0.364 e. The van der Waals surface area contributed by atoms with Gasteiger partial charge in [-0.15, -0.1) is 6.58 Å². The third kappa shape index (κ3) is 3.08. The minimum absolute atomic E-state index is 0.667. The van der Waals surface area contributed by atoms with E-state index in [1.54, 1.807) is 0 Å². The Bertz CT molecular complexity index is 631. The molecule has 1 aliphatic rings. The summed E-state index contributed by atoms with van der Waals surface area (Å²) in [6, 6.07) is 11.3. The lowest BCUT2D eigenvalue weighted by atomic mass is 10.1. The largest absolute Gasteiger partial charge is 0.364 e. The Balaban J connectivity index is 2.06. The van der Waals surface area contributed by atoms with E-state index in [-0.39, 0.29) is 0 Å². The maximum Gasteiger partial charge on any atom is 0.0726 e. The van der Waals surface area contributed by atoms with E-state index in [2.05, 4.69) is 54.1 Å². The number of hydrogen-bond donors (Lipinski definition) is 1. The topological polar surface area (TPSA) is 28.2 Å². The summed E-state index contributed by atoms with van der Waals surface area (Å²) in [4.78, 5) is 7.26. The van der Waals surface area contributed by atoms with Crippen molar-refractivity contribution >= 4 is 16.6 Å². The van der Waals surface area contributed by atoms with Crippen molar-refractivity contribution in [2.24, 2.45) is 0 Å². The molecule has 1 saturated carbocycles. The molecule has 1 aromatic carbocycles. The molecule has 1 N–H and O–H groups in total. The van der Waals surface area contributed by atoms with Gasteiger partial charge in [0.2, 0.25) is 0 Å². The molecule has 0 bridgehead atoms. The van der Waals surface area contributed by atoms with Gasteiger partial charge in [-0.05, 0) is 31.5 Å². The molecule has 0 unspecified atom stereocenters. The van der Waals surface area contributed by atoms with Gasteiger partial charge in [0, 0.05) is 30.2 Å². The van der Waals surface area contributed by atoms with Crippen molar-refractivity contribution in [1.82, 2.24) is 10.3 Å². The number of fused-ring (bicyclic) bond motifs is 1. The second-order valence-corrected chi connectivity index (χ2v) is 5.60. The van der Waals surface area contributed by atoms with Gasteiger partial charge in [0.1, 0.15) is 0 Å². The van der Waals surface area contributed by atoms with E-state index in [0.29, 0.717) is 6.04 Å². The monoisotopic (exact) mass is 281 g/mol. The fourth-order valence-corrected chi connectivity index (χ4v) is 2.76. The third-order valence-electron chi connectivity index (χ3n) is 3.93. The molecule has 3 nitrogen and oxygen atoms in total. The van der Waals surface area contributed by atoms with Crippen molar-refractivity contribution in [3.8, 4) is 0 Å². The van der Waals surface area contributed by atoms with Crippen molar-refractivity contribution in [3.63, 3.8) is 0 Å². The van der Waals surface area contributed by atoms with Gasteiger partial charge in [0.25, 0.3) is 0 Å². The van der Waals surface area contributed by atoms with Gasteiger partial charge in [-0.25, -0.2) is 0 Å². The van der Waals surface area contributed by atoms with Crippen molar-refractivity contribution in [1.29, 1.82) is 0 Å². The molecule has 1 aliphatic carbocycles. The zero-order valence-electron chi connectivity index (χ0n) is 12.7. The molecule has 21 heavy (non-hydrogen) atoms. The first kappa shape index (κ1) is 14.1. The van der Waals surface area contributed by atoms with Crippen LogP contribution in [-0.2, 0) is 6.54 Å². The highest BCUT2D eigenvalue weighted by Gasteiger charge is 2.29. The number of hydrogen-bond acceptors (Lipinski definition) is 3. The van der Waals surface area contributed by atoms with Crippen LogP contribution in [0.4, 0.5) is 5.69 Å². The molecular formula is C18H23N3. The predicted molar refractivity (Wildman–Crippen MR) is 89.7 cm³/mol. The highest BCUT2D eigenvalue weighted by molar-refractivity contribution is 5.92. The second kappa shape index (κ2) is 6.27. The summed E-state index contributed by atoms with van der Waals surface area (Å²) in [5.74, 6) is 0. The maximum absolute atomic E-state index is 4.78. The van der Waals surface area contributed by atoms with Crippen molar-refractivity contribution in [2.45, 2.75) is 32.4 Å². The van der Waals surface area contributed by atoms with Gasteiger partial charge >= 0.3 is 0 Å². The molecule has 2 aromatic rings. The summed E-state index contributed by atoms with van der Waals surface area (Å²) in [6.45, 7) is 8.72. The third-order valence-corrected chi connectivity index (χ3v) is 3.93. The first-order valence-electron chi connectivity index (χ1n) is 7.80. The summed E-state index contributed by atoms with van der Waals surface area (Å²) >= 11 is 0. The van der Waals surface area contributed by atoms with Crippen LogP contribution in [0.5, 0.6) is 0 Å². The predicted octanol–water partition coefficient (Wildman–Crippen LogP) is 3.50. The molecule has 0 spiro atoms. The van der Waals surface area contributed by atoms with Crippen LogP contribution in [0.2, 0.25) is 0 Å². The van der Waals surface area contributed by atoms with Gasteiger partial charge in [0.05, 0.1) is 11.2 Å². The normalized spacial score (nSPS) is 14.3. The Morgan fingerprint density at radius 1 is 1.38 bits per heavy atom. The first-order chi connectivity index (χ1) is 10.3. The molecule has 1 fully saturated rings. The van der Waals surface area contributed by atoms with Crippen molar-refractivity contribution in [3.05, 3.63) is 48.7 Å². The van der Waals surface area contributed by atoms with Gasteiger partial charge in [-0.2, -0.15) is 0 Å². The van der Waals surface area contributed by atoms with E-state index < -0.39 is 0 Å². The molecule has 1 aromatic heterocycles. The zero-order chi connectivity index (χ0) is 14.7. The highest BCUT2D eigenvalue weighted by atomic mass is 15.2. The number of aromatic nitrogens is 1. The van der Waals surface area contributed by atoms with E-state index in [0.717, 1.165) is 30.8 Å². The number of nitrogens with zero attached hydrogens (tertiary/aromatic N) is 2. The highest BCUT2D eigenvalue weighted by Crippen LogP contribution is 2.35. The van der Waals surface area contributed by atoms with Crippen LogP contribution >= 0.6 is 0 Å². The Labute approximate surface area is 126 Å². The molecule has 3 rings (SSSR count). The number of rotatable bonds is 7. The summed E-state index contributed by atoms with van der Waals surface area (Å²) in [6.07, 6.45) is 4.57. The fourth-order valence-electron chi connectivity index (χ4n) is 2.76. The van der Waals surface area contributed by atoms with Crippen LogP contribution in [-0.4, -0.2) is 24.1 Å². The lowest BCUT2D eigenvalue weighted by Gasteiger charge is -2.25. The molecular weight excluding hydrogens is 258 g/mol. The number of para-hydroxylation sites is 1. The van der Waals surface area contributed by atoms with E-state index in [4.69, 9.17) is 4.98 Å². The zero-order valence-corrected chi connectivity index (χ0v) is 12.7. The summed E-state index contributed by atoms with van der Waals surface area (Å²) in [7, 11) is 0. The maximum atomic E-state index is 4.78. The summed E-state index contributed by atoms with van der Waals surface area (Å²) < 4.78 is 0. The quantitative estimate of drug-likeness (QED) is 0.787. The van der Waals surface area contributed by atoms with Gasteiger partial charge in [-0.1, -0.05) is 31.2 Å². The van der Waals surface area contributed by atoms with E-state index >= 15 is 0 Å². The van der Waals surface area contributed by atoms with Crippen LogP contribution < -0.4 is 10.2 Å². The standard InChI is InChI=1S/C18H23N3/c1-3-11-21(15-9-10-15)18-12-14(13-19-4-2)20-17-8-6-5-7-16(17)18/h3,5-8,12,15,19H,1,4,9-11,13H2,2H3. The smallest absolute Gasteiger partial charge is 0.0726 e. The number of pyridine rings is 1. The van der Waals surface area contributed by atoms with Crippen LogP contribution in [0, 0.1) is 0 Å². The van der Waals surface area contributed by atoms with Crippen LogP contribution in [0.25, 0.3) is 10.9 Å². The SMILES string of the molecule is C=CCN(c1cc(CNCC)nc2ccccc12)C1CC1. The Kier molecular flexibility index (Phi) is 4.20. The second-order valence-electron chi connectivity index (χ2n) is 5.60. The minimum atomic E-state index is 0.667. The lowest BCUT2D eigenvalue weighted by molar-refractivity contribution is 0.712. The molecule has 3 heteroatoms. The van der Waals surface area contributed by atoms with Crippen LogP contribution in [0.3, 0.4) is 0 Å². The van der Waals surface area contributed by atoms with Crippen LogP contribution in [0.15, 0.2) is 43.0 Å². The summed E-state index contributed by atoms with van der Waals surface area (Å²) in [5.41, 5.74) is 3.49. The van der Waals surface area contributed by atoms with E-state index in [1.807, 2.05) is 6.08 Å². The molecule has 0 atom stereocenters. The molecule has 1 heterocycles. The number of benzene rings is 1. The van der Waals surface area contributed by atoms with Gasteiger partial charge in [0.15, 0.2) is 0 Å². The molecule has 0 aliphatic heterocycles. The average Bonchev–Trinajstić information content (AvgIpc) is 3.34. The first-order valence-corrected chi connectivity index (χ1v) is 7.80. The Morgan fingerprint density at radius 3 is 2.90 bits per heavy atom. The molecule has 0 saturated heterocycles. The fraction of sp³-hybridized carbons (Fsp3) is 0.389. The number of nitrogens with one attached hydrogen (secondary N) is 1. The van der Waals surface area contributed by atoms with E-state index in [9.17, 15) is 0 Å². The average molecular weight is 281 g/mol. The Hall–Kier alpha value is -1.87. The van der Waals surface area contributed by atoms with Crippen LogP contribution in [0.1, 0.15) is 25.5 Å². The summed E-state index contributed by atoms with van der Waals surface area (Å²) in [5, 5.41) is 4.61. The molecule has 110 valence electrons. The molecule has 0 amide bonds. The van der Waals surface area contributed by atoms with Crippen molar-refractivity contribution in [2.75, 3.05) is 18.0 Å². The van der Waals surface area contributed by atoms with E-state index in [1.165, 1.54) is 23.9 Å². The molecule has 0 radical (unpaired) electrons.